The molecule has 3 rings (SSSR count). The lowest BCUT2D eigenvalue weighted by Crippen LogP contribution is -2.15. The van der Waals surface area contributed by atoms with Crippen LogP contribution in [0.3, 0.4) is 0 Å². The molecule has 0 atom stereocenters. The number of benzene rings is 1. The second kappa shape index (κ2) is 6.71. The summed E-state index contributed by atoms with van der Waals surface area (Å²) in [4.78, 5) is 20.9. The number of rotatable bonds is 3. The minimum absolute atomic E-state index is 0.0519. The molecule has 0 aliphatic heterocycles. The van der Waals surface area contributed by atoms with Gasteiger partial charge >= 0.3 is 0 Å². The van der Waals surface area contributed by atoms with Crippen molar-refractivity contribution in [3.63, 3.8) is 0 Å². The number of anilines is 1. The van der Waals surface area contributed by atoms with Crippen molar-refractivity contribution in [3.8, 4) is 5.82 Å². The third-order valence-corrected chi connectivity index (χ3v) is 4.13. The van der Waals surface area contributed by atoms with Crippen molar-refractivity contribution < 1.29 is 4.79 Å². The molecule has 0 aliphatic rings. The highest BCUT2D eigenvalue weighted by Crippen LogP contribution is 2.22. The lowest BCUT2D eigenvalue weighted by molar-refractivity contribution is 0.102. The van der Waals surface area contributed by atoms with Gasteiger partial charge in [0.25, 0.3) is 5.91 Å². The molecule has 0 radical (unpaired) electrons. The number of nitrogens with one attached hydrogen (secondary N) is 1. The first-order valence-electron chi connectivity index (χ1n) is 8.51. The number of aromatic nitrogens is 4. The van der Waals surface area contributed by atoms with E-state index >= 15 is 0 Å². The maximum absolute atomic E-state index is 12.5. The van der Waals surface area contributed by atoms with Gasteiger partial charge in [-0.1, -0.05) is 32.9 Å². The van der Waals surface area contributed by atoms with E-state index in [9.17, 15) is 4.79 Å². The summed E-state index contributed by atoms with van der Waals surface area (Å²) >= 11 is 0. The van der Waals surface area contributed by atoms with Gasteiger partial charge in [0.05, 0.1) is 5.69 Å². The molecule has 1 amide bonds. The molecule has 6 nitrogen and oxygen atoms in total. The zero-order chi connectivity index (χ0) is 18.9. The third kappa shape index (κ3) is 3.79. The van der Waals surface area contributed by atoms with Crippen LogP contribution in [0.2, 0.25) is 0 Å². The Kier molecular flexibility index (Phi) is 4.59. The Hall–Kier alpha value is -3.02. The molecule has 2 aromatic heterocycles. The number of nitrogens with zero attached hydrogens (tertiary/aromatic N) is 4. The fraction of sp³-hybridized carbons (Fsp3) is 0.300. The van der Waals surface area contributed by atoms with Crippen LogP contribution in [0.15, 0.2) is 42.7 Å². The van der Waals surface area contributed by atoms with Gasteiger partial charge in [-0.05, 0) is 43.0 Å². The topological polar surface area (TPSA) is 72.7 Å². The van der Waals surface area contributed by atoms with Crippen LogP contribution in [0.1, 0.15) is 48.1 Å². The molecule has 26 heavy (non-hydrogen) atoms. The fourth-order valence-electron chi connectivity index (χ4n) is 2.70. The predicted molar refractivity (Wildman–Crippen MR) is 102 cm³/mol. The van der Waals surface area contributed by atoms with Gasteiger partial charge in [0.2, 0.25) is 0 Å². The van der Waals surface area contributed by atoms with E-state index < -0.39 is 0 Å². The van der Waals surface area contributed by atoms with E-state index in [1.54, 1.807) is 10.7 Å². The van der Waals surface area contributed by atoms with Crippen molar-refractivity contribution >= 4 is 11.7 Å². The van der Waals surface area contributed by atoms with Gasteiger partial charge in [0.1, 0.15) is 12.1 Å². The van der Waals surface area contributed by atoms with Crippen molar-refractivity contribution in [1.29, 1.82) is 0 Å². The number of aryl methyl sites for hydroxylation is 2. The maximum Gasteiger partial charge on any atom is 0.256 e. The standard InChI is InChI=1S/C20H23N5O/c1-13-10-14(2)25(24-13)18-11-17(21-12-22-18)23-19(26)15-6-8-16(9-7-15)20(3,4)5/h6-12H,1-5H3,(H,21,22,23,26). The molecule has 0 fully saturated rings. The molecule has 3 aromatic rings. The summed E-state index contributed by atoms with van der Waals surface area (Å²) in [5.74, 6) is 0.847. The molecule has 134 valence electrons. The van der Waals surface area contributed by atoms with E-state index in [0.29, 0.717) is 17.2 Å². The average Bonchev–Trinajstić information content (AvgIpc) is 2.93. The van der Waals surface area contributed by atoms with Gasteiger partial charge in [-0.2, -0.15) is 5.10 Å². The van der Waals surface area contributed by atoms with Crippen molar-refractivity contribution in [1.82, 2.24) is 19.7 Å². The molecular formula is C20H23N5O. The largest absolute Gasteiger partial charge is 0.306 e. The van der Waals surface area contributed by atoms with Crippen molar-refractivity contribution in [2.24, 2.45) is 0 Å². The van der Waals surface area contributed by atoms with Crippen LogP contribution in [0.5, 0.6) is 0 Å². The SMILES string of the molecule is Cc1cc(C)n(-c2cc(NC(=O)c3ccc(C(C)(C)C)cc3)ncn2)n1. The fourth-order valence-corrected chi connectivity index (χ4v) is 2.70. The number of hydrogen-bond acceptors (Lipinski definition) is 4. The van der Waals surface area contributed by atoms with Gasteiger partial charge in [0.15, 0.2) is 5.82 Å². The van der Waals surface area contributed by atoms with Crippen LogP contribution in [0.25, 0.3) is 5.82 Å². The van der Waals surface area contributed by atoms with Gasteiger partial charge in [0, 0.05) is 17.3 Å². The average molecular weight is 349 g/mol. The van der Waals surface area contributed by atoms with Crippen LogP contribution in [-0.4, -0.2) is 25.7 Å². The molecule has 0 saturated heterocycles. The number of amides is 1. The Balaban J connectivity index is 1.80. The van der Waals surface area contributed by atoms with E-state index in [1.807, 2.05) is 44.2 Å². The summed E-state index contributed by atoms with van der Waals surface area (Å²) in [6.45, 7) is 10.3. The van der Waals surface area contributed by atoms with E-state index in [4.69, 9.17) is 0 Å². The summed E-state index contributed by atoms with van der Waals surface area (Å²) < 4.78 is 1.73. The molecule has 0 saturated carbocycles. The first kappa shape index (κ1) is 17.8. The Bertz CT molecular complexity index is 936. The quantitative estimate of drug-likeness (QED) is 0.780. The molecule has 6 heteroatoms. The summed E-state index contributed by atoms with van der Waals surface area (Å²) in [7, 11) is 0. The van der Waals surface area contributed by atoms with E-state index in [-0.39, 0.29) is 11.3 Å². The van der Waals surface area contributed by atoms with Crippen LogP contribution < -0.4 is 5.32 Å². The second-order valence-corrected chi connectivity index (χ2v) is 7.38. The van der Waals surface area contributed by atoms with Crippen molar-refractivity contribution in [2.45, 2.75) is 40.0 Å². The van der Waals surface area contributed by atoms with Gasteiger partial charge < -0.3 is 5.32 Å². The zero-order valence-corrected chi connectivity index (χ0v) is 15.7. The highest BCUT2D eigenvalue weighted by molar-refractivity contribution is 6.03. The summed E-state index contributed by atoms with van der Waals surface area (Å²) in [6, 6.07) is 11.3. The first-order valence-corrected chi connectivity index (χ1v) is 8.51. The monoisotopic (exact) mass is 349 g/mol. The molecular weight excluding hydrogens is 326 g/mol. The zero-order valence-electron chi connectivity index (χ0n) is 15.7. The molecule has 0 spiro atoms. The smallest absolute Gasteiger partial charge is 0.256 e. The lowest BCUT2D eigenvalue weighted by atomic mass is 9.87. The van der Waals surface area contributed by atoms with Crippen LogP contribution >= 0.6 is 0 Å². The lowest BCUT2D eigenvalue weighted by Gasteiger charge is -2.19. The number of hydrogen-bond donors (Lipinski definition) is 1. The Labute approximate surface area is 153 Å². The highest BCUT2D eigenvalue weighted by Gasteiger charge is 2.15. The Morgan fingerprint density at radius 3 is 2.31 bits per heavy atom. The van der Waals surface area contributed by atoms with Crippen LogP contribution in [0.4, 0.5) is 5.82 Å². The Morgan fingerprint density at radius 2 is 1.73 bits per heavy atom. The minimum atomic E-state index is -0.205. The predicted octanol–water partition coefficient (Wildman–Crippen LogP) is 3.83. The Morgan fingerprint density at radius 1 is 1.04 bits per heavy atom. The first-order chi connectivity index (χ1) is 12.2. The molecule has 2 heterocycles. The van der Waals surface area contributed by atoms with E-state index in [1.165, 1.54) is 11.9 Å². The summed E-state index contributed by atoms with van der Waals surface area (Å²) in [5, 5.41) is 7.23. The molecule has 0 aliphatic carbocycles. The van der Waals surface area contributed by atoms with Gasteiger partial charge in [-0.3, -0.25) is 4.79 Å². The summed E-state index contributed by atoms with van der Waals surface area (Å²) in [6.07, 6.45) is 1.42. The second-order valence-electron chi connectivity index (χ2n) is 7.38. The van der Waals surface area contributed by atoms with Gasteiger partial charge in [-0.25, -0.2) is 14.6 Å². The number of carbonyl (C=O) groups is 1. The van der Waals surface area contributed by atoms with Crippen LogP contribution in [-0.2, 0) is 5.41 Å². The van der Waals surface area contributed by atoms with E-state index in [2.05, 4.69) is 41.2 Å². The highest BCUT2D eigenvalue weighted by atomic mass is 16.1. The molecule has 1 N–H and O–H groups in total. The van der Waals surface area contributed by atoms with E-state index in [0.717, 1.165) is 11.4 Å². The minimum Gasteiger partial charge on any atom is -0.306 e. The normalized spacial score (nSPS) is 11.4. The van der Waals surface area contributed by atoms with Crippen molar-refractivity contribution in [2.75, 3.05) is 5.32 Å². The molecule has 0 bridgehead atoms. The molecule has 1 aromatic carbocycles. The maximum atomic E-state index is 12.5. The van der Waals surface area contributed by atoms with Gasteiger partial charge in [-0.15, -0.1) is 0 Å². The summed E-state index contributed by atoms with van der Waals surface area (Å²) in [5.41, 5.74) is 3.70. The number of carbonyl (C=O) groups excluding carboxylic acids is 1. The van der Waals surface area contributed by atoms with Crippen molar-refractivity contribution in [3.05, 3.63) is 65.2 Å². The third-order valence-electron chi connectivity index (χ3n) is 4.13. The van der Waals surface area contributed by atoms with Crippen LogP contribution in [0, 0.1) is 13.8 Å². The molecule has 0 unspecified atom stereocenters.